The van der Waals surface area contributed by atoms with Crippen LogP contribution in [-0.4, -0.2) is 20.7 Å². The molecule has 0 aliphatic carbocycles. The van der Waals surface area contributed by atoms with E-state index in [2.05, 4.69) is 65.1 Å². The van der Waals surface area contributed by atoms with E-state index in [1.807, 2.05) is 11.8 Å². The lowest BCUT2D eigenvalue weighted by atomic mass is 10.2. The number of hydrogen-bond acceptors (Lipinski definition) is 2. The fourth-order valence-corrected chi connectivity index (χ4v) is 3.34. The molecule has 1 aromatic rings. The summed E-state index contributed by atoms with van der Waals surface area (Å²) < 4.78 is 6.18. The standard InChI is InChI=1S/C16H28OSSi/c1-14-8-10-15(11-9-14)18-13-7-12-17-19(5,6)16(2,3)4/h8-11H,7,12-13H2,1-6H3. The van der Waals surface area contributed by atoms with Gasteiger partial charge in [-0.25, -0.2) is 0 Å². The lowest BCUT2D eigenvalue weighted by Gasteiger charge is -2.36. The van der Waals surface area contributed by atoms with Gasteiger partial charge in [-0.15, -0.1) is 11.8 Å². The van der Waals surface area contributed by atoms with Gasteiger partial charge in [0.15, 0.2) is 8.32 Å². The van der Waals surface area contributed by atoms with Crippen molar-refractivity contribution in [3.8, 4) is 0 Å². The molecule has 0 aromatic heterocycles. The molecule has 1 rings (SSSR count). The third kappa shape index (κ3) is 5.72. The molecule has 0 radical (unpaired) electrons. The second-order valence-electron chi connectivity index (χ2n) is 6.62. The van der Waals surface area contributed by atoms with E-state index < -0.39 is 8.32 Å². The summed E-state index contributed by atoms with van der Waals surface area (Å²) in [4.78, 5) is 1.36. The normalized spacial score (nSPS) is 12.7. The SMILES string of the molecule is Cc1ccc(SCCCO[Si](C)(C)C(C)(C)C)cc1. The van der Waals surface area contributed by atoms with Crippen LogP contribution in [0, 0.1) is 6.92 Å². The molecule has 0 fully saturated rings. The minimum atomic E-state index is -1.55. The lowest BCUT2D eigenvalue weighted by Crippen LogP contribution is -2.41. The zero-order valence-corrected chi connectivity index (χ0v) is 15.1. The van der Waals surface area contributed by atoms with Crippen LogP contribution in [0.3, 0.4) is 0 Å². The molecule has 0 saturated heterocycles. The van der Waals surface area contributed by atoms with Crippen LogP contribution in [0.1, 0.15) is 32.8 Å². The number of thioether (sulfide) groups is 1. The van der Waals surface area contributed by atoms with E-state index >= 15 is 0 Å². The zero-order valence-electron chi connectivity index (χ0n) is 13.2. The van der Waals surface area contributed by atoms with Gasteiger partial charge < -0.3 is 4.43 Å². The Balaban J connectivity index is 2.23. The molecule has 108 valence electrons. The molecule has 3 heteroatoms. The molecule has 1 nitrogen and oxygen atoms in total. The largest absolute Gasteiger partial charge is 0.417 e. The highest BCUT2D eigenvalue weighted by Crippen LogP contribution is 2.36. The van der Waals surface area contributed by atoms with Gasteiger partial charge in [0.25, 0.3) is 0 Å². The first-order valence-electron chi connectivity index (χ1n) is 7.06. The van der Waals surface area contributed by atoms with Crippen LogP contribution in [0.4, 0.5) is 0 Å². The molecule has 0 spiro atoms. The second kappa shape index (κ2) is 6.96. The molecular formula is C16H28OSSi. The van der Waals surface area contributed by atoms with E-state index in [1.54, 1.807) is 0 Å². The first-order chi connectivity index (χ1) is 8.72. The van der Waals surface area contributed by atoms with Gasteiger partial charge in [0, 0.05) is 17.3 Å². The van der Waals surface area contributed by atoms with Crippen LogP contribution < -0.4 is 0 Å². The van der Waals surface area contributed by atoms with Crippen LogP contribution in [0.5, 0.6) is 0 Å². The molecule has 0 aliphatic rings. The minimum absolute atomic E-state index is 0.317. The fraction of sp³-hybridized carbons (Fsp3) is 0.625. The third-order valence-corrected chi connectivity index (χ3v) is 9.48. The van der Waals surface area contributed by atoms with Crippen LogP contribution in [0.15, 0.2) is 29.2 Å². The van der Waals surface area contributed by atoms with E-state index in [1.165, 1.54) is 10.5 Å². The fourth-order valence-electron chi connectivity index (χ4n) is 1.43. The van der Waals surface area contributed by atoms with Gasteiger partial charge >= 0.3 is 0 Å². The predicted octanol–water partition coefficient (Wildman–Crippen LogP) is 5.50. The molecule has 0 amide bonds. The van der Waals surface area contributed by atoms with Crippen LogP contribution >= 0.6 is 11.8 Å². The molecule has 0 bridgehead atoms. The van der Waals surface area contributed by atoms with Crippen molar-refractivity contribution < 1.29 is 4.43 Å². The Morgan fingerprint density at radius 3 is 2.21 bits per heavy atom. The summed E-state index contributed by atoms with van der Waals surface area (Å²) in [6, 6.07) is 8.76. The Hall–Kier alpha value is -0.253. The monoisotopic (exact) mass is 296 g/mol. The molecule has 1 aromatic carbocycles. The first kappa shape index (κ1) is 16.8. The molecule has 0 atom stereocenters. The van der Waals surface area contributed by atoms with Crippen LogP contribution in [-0.2, 0) is 4.43 Å². The van der Waals surface area contributed by atoms with Crippen molar-refractivity contribution in [3.05, 3.63) is 29.8 Å². The highest BCUT2D eigenvalue weighted by atomic mass is 32.2. The molecular weight excluding hydrogens is 268 g/mol. The number of aryl methyl sites for hydroxylation is 1. The molecule has 0 unspecified atom stereocenters. The number of benzene rings is 1. The highest BCUT2D eigenvalue weighted by molar-refractivity contribution is 7.99. The van der Waals surface area contributed by atoms with Crippen molar-refractivity contribution in [1.29, 1.82) is 0 Å². The smallest absolute Gasteiger partial charge is 0.191 e. The summed E-state index contributed by atoms with van der Waals surface area (Å²) in [7, 11) is -1.55. The summed E-state index contributed by atoms with van der Waals surface area (Å²) in [6.07, 6.45) is 1.13. The van der Waals surface area contributed by atoms with Gasteiger partial charge in [0.05, 0.1) is 0 Å². The Kier molecular flexibility index (Phi) is 6.15. The van der Waals surface area contributed by atoms with Crippen molar-refractivity contribution in [2.75, 3.05) is 12.4 Å². The Labute approximate surface area is 124 Å². The molecule has 19 heavy (non-hydrogen) atoms. The van der Waals surface area contributed by atoms with Crippen molar-refractivity contribution in [3.63, 3.8) is 0 Å². The van der Waals surface area contributed by atoms with Crippen molar-refractivity contribution in [1.82, 2.24) is 0 Å². The maximum atomic E-state index is 6.18. The maximum absolute atomic E-state index is 6.18. The highest BCUT2D eigenvalue weighted by Gasteiger charge is 2.36. The van der Waals surface area contributed by atoms with Crippen LogP contribution in [0.25, 0.3) is 0 Å². The van der Waals surface area contributed by atoms with Gasteiger partial charge in [0.1, 0.15) is 0 Å². The van der Waals surface area contributed by atoms with Gasteiger partial charge in [0.2, 0.25) is 0 Å². The average molecular weight is 297 g/mol. The van der Waals surface area contributed by atoms with E-state index in [-0.39, 0.29) is 0 Å². The van der Waals surface area contributed by atoms with E-state index in [9.17, 15) is 0 Å². The van der Waals surface area contributed by atoms with E-state index in [0.717, 1.165) is 18.8 Å². The van der Waals surface area contributed by atoms with Gasteiger partial charge in [-0.2, -0.15) is 0 Å². The quantitative estimate of drug-likeness (QED) is 0.389. The zero-order chi connectivity index (χ0) is 14.5. The minimum Gasteiger partial charge on any atom is -0.417 e. The molecule has 0 N–H and O–H groups in total. The summed E-state index contributed by atoms with van der Waals surface area (Å²) >= 11 is 1.92. The number of rotatable bonds is 6. The van der Waals surface area contributed by atoms with Crippen LogP contribution in [0.2, 0.25) is 18.1 Å². The summed E-state index contributed by atoms with van der Waals surface area (Å²) in [5.41, 5.74) is 1.32. The summed E-state index contributed by atoms with van der Waals surface area (Å²) in [5.74, 6) is 1.14. The van der Waals surface area contributed by atoms with Crippen molar-refractivity contribution >= 4 is 20.1 Å². The Morgan fingerprint density at radius 2 is 1.68 bits per heavy atom. The lowest BCUT2D eigenvalue weighted by molar-refractivity contribution is 0.289. The van der Waals surface area contributed by atoms with Gasteiger partial charge in [-0.3, -0.25) is 0 Å². The second-order valence-corrected chi connectivity index (χ2v) is 12.6. The first-order valence-corrected chi connectivity index (χ1v) is 11.0. The van der Waals surface area contributed by atoms with Gasteiger partial charge in [-0.05, 0) is 43.6 Å². The Bertz CT molecular complexity index is 379. The molecule has 0 heterocycles. The van der Waals surface area contributed by atoms with Gasteiger partial charge in [-0.1, -0.05) is 38.5 Å². The topological polar surface area (TPSA) is 9.23 Å². The van der Waals surface area contributed by atoms with Crippen molar-refractivity contribution in [2.24, 2.45) is 0 Å². The third-order valence-electron chi connectivity index (χ3n) is 3.85. The Morgan fingerprint density at radius 1 is 1.11 bits per heavy atom. The maximum Gasteiger partial charge on any atom is 0.191 e. The van der Waals surface area contributed by atoms with E-state index in [4.69, 9.17) is 4.43 Å². The summed E-state index contributed by atoms with van der Waals surface area (Å²) in [5, 5.41) is 0.317. The predicted molar refractivity (Wildman–Crippen MR) is 89.7 cm³/mol. The average Bonchev–Trinajstić information content (AvgIpc) is 2.29. The van der Waals surface area contributed by atoms with Crippen molar-refractivity contribution in [2.45, 2.75) is 57.1 Å². The molecule has 0 saturated carbocycles. The van der Waals surface area contributed by atoms with E-state index in [0.29, 0.717) is 5.04 Å². The number of hydrogen-bond donors (Lipinski definition) is 0. The molecule has 0 aliphatic heterocycles. The summed E-state index contributed by atoms with van der Waals surface area (Å²) in [6.45, 7) is 14.5.